The van der Waals surface area contributed by atoms with Crippen LogP contribution in [-0.2, 0) is 18.2 Å². The highest BCUT2D eigenvalue weighted by molar-refractivity contribution is 14.0. The smallest absolute Gasteiger partial charge is 0.194 e. The Kier molecular flexibility index (Phi) is 8.29. The van der Waals surface area contributed by atoms with Gasteiger partial charge in [-0.25, -0.2) is 4.98 Å². The van der Waals surface area contributed by atoms with E-state index in [0.717, 1.165) is 54.8 Å². The van der Waals surface area contributed by atoms with Crippen LogP contribution >= 0.6 is 35.3 Å². The standard InChI is InChI=1S/C17H26N6OS.HI/c1-4-18-17(19-6-5-15-12-25-13(2)21-15)23-7-8-24-16(11-23)14-9-20-22(3)10-14;/h9-10,12,16H,4-8,11H2,1-3H3,(H,18,19);1H. The highest BCUT2D eigenvalue weighted by Gasteiger charge is 2.25. The first kappa shape index (κ1) is 21.1. The summed E-state index contributed by atoms with van der Waals surface area (Å²) in [6.07, 6.45) is 4.80. The van der Waals surface area contributed by atoms with Gasteiger partial charge in [0.05, 0.1) is 30.1 Å². The number of aryl methyl sites for hydroxylation is 2. The Balaban J connectivity index is 0.00000243. The zero-order valence-corrected chi connectivity index (χ0v) is 18.7. The van der Waals surface area contributed by atoms with Crippen molar-refractivity contribution in [1.29, 1.82) is 0 Å². The molecule has 1 atom stereocenters. The van der Waals surface area contributed by atoms with E-state index in [1.54, 1.807) is 11.3 Å². The summed E-state index contributed by atoms with van der Waals surface area (Å²) in [5.74, 6) is 0.951. The lowest BCUT2D eigenvalue weighted by Crippen LogP contribution is -2.48. The van der Waals surface area contributed by atoms with Gasteiger partial charge in [0.1, 0.15) is 6.10 Å². The average molecular weight is 490 g/mol. The molecule has 0 bridgehead atoms. The summed E-state index contributed by atoms with van der Waals surface area (Å²) >= 11 is 1.69. The summed E-state index contributed by atoms with van der Waals surface area (Å²) in [7, 11) is 1.93. The Bertz CT molecular complexity index is 716. The molecular weight excluding hydrogens is 463 g/mol. The number of nitrogens with zero attached hydrogens (tertiary/aromatic N) is 5. The van der Waals surface area contributed by atoms with Crippen LogP contribution in [0, 0.1) is 6.92 Å². The number of hydrogen-bond acceptors (Lipinski definition) is 5. The van der Waals surface area contributed by atoms with Crippen molar-refractivity contribution < 1.29 is 4.74 Å². The molecule has 0 radical (unpaired) electrons. The minimum atomic E-state index is 0. The van der Waals surface area contributed by atoms with Crippen molar-refractivity contribution in [1.82, 2.24) is 25.0 Å². The second-order valence-corrected chi connectivity index (χ2v) is 7.16. The third-order valence-corrected chi connectivity index (χ3v) is 4.92. The van der Waals surface area contributed by atoms with Crippen LogP contribution in [-0.4, -0.2) is 58.4 Å². The van der Waals surface area contributed by atoms with Gasteiger partial charge in [0, 0.05) is 50.2 Å². The predicted octanol–water partition coefficient (Wildman–Crippen LogP) is 2.38. The van der Waals surface area contributed by atoms with E-state index in [9.17, 15) is 0 Å². The van der Waals surface area contributed by atoms with E-state index >= 15 is 0 Å². The first-order chi connectivity index (χ1) is 12.2. The van der Waals surface area contributed by atoms with Crippen molar-refractivity contribution in [2.45, 2.75) is 26.4 Å². The molecule has 0 amide bonds. The molecule has 144 valence electrons. The number of nitrogens with one attached hydrogen (secondary N) is 1. The number of ether oxygens (including phenoxy) is 1. The highest BCUT2D eigenvalue weighted by atomic mass is 127. The zero-order chi connectivity index (χ0) is 17.6. The lowest BCUT2D eigenvalue weighted by molar-refractivity contribution is -0.00803. The number of thiazole rings is 1. The summed E-state index contributed by atoms with van der Waals surface area (Å²) in [6, 6.07) is 0. The van der Waals surface area contributed by atoms with E-state index in [2.05, 4.69) is 32.6 Å². The summed E-state index contributed by atoms with van der Waals surface area (Å²) < 4.78 is 7.74. The van der Waals surface area contributed by atoms with Gasteiger partial charge >= 0.3 is 0 Å². The van der Waals surface area contributed by atoms with Crippen molar-refractivity contribution in [2.75, 3.05) is 32.8 Å². The summed E-state index contributed by atoms with van der Waals surface area (Å²) in [4.78, 5) is 11.6. The molecule has 3 heterocycles. The van der Waals surface area contributed by atoms with Gasteiger partial charge < -0.3 is 15.0 Å². The summed E-state index contributed by atoms with van der Waals surface area (Å²) in [5, 5.41) is 10.9. The molecule has 1 N–H and O–H groups in total. The van der Waals surface area contributed by atoms with Crippen LogP contribution in [0.1, 0.15) is 29.3 Å². The van der Waals surface area contributed by atoms with Crippen LogP contribution < -0.4 is 5.32 Å². The van der Waals surface area contributed by atoms with Gasteiger partial charge in [0.15, 0.2) is 5.96 Å². The maximum Gasteiger partial charge on any atom is 0.194 e. The molecule has 1 aliphatic rings. The predicted molar refractivity (Wildman–Crippen MR) is 115 cm³/mol. The number of halogens is 1. The minimum Gasteiger partial charge on any atom is -0.370 e. The molecule has 2 aromatic rings. The molecule has 1 unspecified atom stereocenters. The average Bonchev–Trinajstić information content (AvgIpc) is 3.23. The van der Waals surface area contributed by atoms with Gasteiger partial charge in [0.2, 0.25) is 0 Å². The van der Waals surface area contributed by atoms with Crippen LogP contribution in [0.3, 0.4) is 0 Å². The topological polar surface area (TPSA) is 67.6 Å². The molecule has 1 aliphatic heterocycles. The Hall–Kier alpha value is -1.20. The quantitative estimate of drug-likeness (QED) is 0.396. The molecule has 3 rings (SSSR count). The third kappa shape index (κ3) is 5.65. The molecule has 1 saturated heterocycles. The monoisotopic (exact) mass is 490 g/mol. The van der Waals surface area contributed by atoms with Crippen LogP contribution in [0.15, 0.2) is 22.8 Å². The van der Waals surface area contributed by atoms with E-state index in [0.29, 0.717) is 6.61 Å². The molecule has 9 heteroatoms. The second-order valence-electron chi connectivity index (χ2n) is 6.10. The van der Waals surface area contributed by atoms with Gasteiger partial charge in [-0.2, -0.15) is 5.10 Å². The van der Waals surface area contributed by atoms with Crippen molar-refractivity contribution >= 4 is 41.3 Å². The van der Waals surface area contributed by atoms with Gasteiger partial charge in [-0.1, -0.05) is 0 Å². The number of hydrogen-bond donors (Lipinski definition) is 1. The maximum atomic E-state index is 5.93. The van der Waals surface area contributed by atoms with Crippen LogP contribution in [0.5, 0.6) is 0 Å². The zero-order valence-electron chi connectivity index (χ0n) is 15.5. The van der Waals surface area contributed by atoms with E-state index in [4.69, 9.17) is 9.73 Å². The van der Waals surface area contributed by atoms with Crippen molar-refractivity contribution in [3.05, 3.63) is 34.0 Å². The van der Waals surface area contributed by atoms with Gasteiger partial charge in [-0.3, -0.25) is 9.67 Å². The maximum absolute atomic E-state index is 5.93. The van der Waals surface area contributed by atoms with E-state index < -0.39 is 0 Å². The molecule has 0 aliphatic carbocycles. The molecule has 7 nitrogen and oxygen atoms in total. The van der Waals surface area contributed by atoms with Gasteiger partial charge in [-0.05, 0) is 13.8 Å². The third-order valence-electron chi connectivity index (χ3n) is 4.09. The number of aliphatic imine (C=N–C) groups is 1. The lowest BCUT2D eigenvalue weighted by Gasteiger charge is -2.34. The van der Waals surface area contributed by atoms with E-state index in [1.807, 2.05) is 31.0 Å². The van der Waals surface area contributed by atoms with Crippen LogP contribution in [0.4, 0.5) is 0 Å². The number of rotatable bonds is 5. The van der Waals surface area contributed by atoms with Gasteiger partial charge in [0.25, 0.3) is 0 Å². The largest absolute Gasteiger partial charge is 0.370 e. The molecule has 2 aromatic heterocycles. The second kappa shape index (κ2) is 10.2. The Morgan fingerprint density at radius 2 is 2.35 bits per heavy atom. The fourth-order valence-electron chi connectivity index (χ4n) is 2.87. The summed E-state index contributed by atoms with van der Waals surface area (Å²) in [6.45, 7) is 8.04. The molecule has 0 saturated carbocycles. The fourth-order valence-corrected chi connectivity index (χ4v) is 3.52. The normalized spacial score (nSPS) is 17.9. The van der Waals surface area contributed by atoms with Crippen molar-refractivity contribution in [3.63, 3.8) is 0 Å². The number of guanidine groups is 1. The number of aromatic nitrogens is 3. The Morgan fingerprint density at radius 3 is 3.00 bits per heavy atom. The molecule has 26 heavy (non-hydrogen) atoms. The first-order valence-corrected chi connectivity index (χ1v) is 9.58. The van der Waals surface area contributed by atoms with E-state index in [1.165, 1.54) is 0 Å². The molecule has 1 fully saturated rings. The van der Waals surface area contributed by atoms with Crippen LogP contribution in [0.2, 0.25) is 0 Å². The minimum absolute atomic E-state index is 0. The van der Waals surface area contributed by atoms with Crippen LogP contribution in [0.25, 0.3) is 0 Å². The SMILES string of the molecule is CCNC(=NCCc1csc(C)n1)N1CCOC(c2cnn(C)c2)C1.I. The van der Waals surface area contributed by atoms with E-state index in [-0.39, 0.29) is 30.1 Å². The molecule has 0 aromatic carbocycles. The highest BCUT2D eigenvalue weighted by Crippen LogP contribution is 2.21. The van der Waals surface area contributed by atoms with Gasteiger partial charge in [-0.15, -0.1) is 35.3 Å². The molecular formula is C17H27IN6OS. The Labute approximate surface area is 175 Å². The molecule has 0 spiro atoms. The van der Waals surface area contributed by atoms with Crippen molar-refractivity contribution in [3.8, 4) is 0 Å². The Morgan fingerprint density at radius 1 is 1.50 bits per heavy atom. The fraction of sp³-hybridized carbons (Fsp3) is 0.588. The number of morpholine rings is 1. The summed E-state index contributed by atoms with van der Waals surface area (Å²) in [5.41, 5.74) is 2.23. The van der Waals surface area contributed by atoms with Crippen molar-refractivity contribution in [2.24, 2.45) is 12.0 Å². The first-order valence-electron chi connectivity index (χ1n) is 8.70. The lowest BCUT2D eigenvalue weighted by atomic mass is 10.1.